The van der Waals surface area contributed by atoms with E-state index in [1.54, 1.807) is 17.4 Å². The molecule has 2 rings (SSSR count). The van der Waals surface area contributed by atoms with Crippen molar-refractivity contribution >= 4 is 43.2 Å². The zero-order valence-electron chi connectivity index (χ0n) is 9.76. The summed E-state index contributed by atoms with van der Waals surface area (Å²) in [5, 5.41) is 0. The van der Waals surface area contributed by atoms with E-state index < -0.39 is 11.7 Å². The van der Waals surface area contributed by atoms with Gasteiger partial charge >= 0.3 is 6.18 Å². The van der Waals surface area contributed by atoms with Crippen molar-refractivity contribution in [3.05, 3.63) is 55.7 Å². The molecule has 0 N–H and O–H groups in total. The molecule has 19 heavy (non-hydrogen) atoms. The number of hydrogen-bond donors (Lipinski definition) is 0. The third-order valence-corrected chi connectivity index (χ3v) is 6.16. The fourth-order valence-electron chi connectivity index (χ4n) is 1.64. The van der Waals surface area contributed by atoms with Crippen molar-refractivity contribution in [3.8, 4) is 0 Å². The highest BCUT2D eigenvalue weighted by molar-refractivity contribution is 9.10. The van der Waals surface area contributed by atoms with E-state index in [2.05, 4.69) is 31.9 Å². The molecule has 1 unspecified atom stereocenters. The first-order valence-corrected chi connectivity index (χ1v) is 7.88. The monoisotopic (exact) mass is 412 g/mol. The number of aryl methyl sites for hydroxylation is 1. The Balaban J connectivity index is 2.36. The van der Waals surface area contributed by atoms with Crippen LogP contribution < -0.4 is 0 Å². The Hall–Kier alpha value is -0.330. The van der Waals surface area contributed by atoms with Gasteiger partial charge in [0, 0.05) is 14.2 Å². The number of rotatable bonds is 2. The van der Waals surface area contributed by atoms with Gasteiger partial charge in [0.05, 0.1) is 10.4 Å². The van der Waals surface area contributed by atoms with Crippen LogP contribution in [0.2, 0.25) is 0 Å². The number of alkyl halides is 4. The first-order chi connectivity index (χ1) is 8.79. The fourth-order valence-corrected chi connectivity index (χ4v) is 3.91. The SMILES string of the molecule is Cc1sc(C(Br)c2cccc(C(F)(F)F)c2)cc1Br. The average molecular weight is 414 g/mol. The molecule has 6 heteroatoms. The molecule has 0 amide bonds. The Kier molecular flexibility index (Phi) is 4.42. The second kappa shape index (κ2) is 5.58. The molecule has 0 nitrogen and oxygen atoms in total. The van der Waals surface area contributed by atoms with E-state index in [1.807, 2.05) is 13.0 Å². The van der Waals surface area contributed by atoms with Crippen LogP contribution in [0.4, 0.5) is 13.2 Å². The van der Waals surface area contributed by atoms with Crippen LogP contribution in [-0.4, -0.2) is 0 Å². The molecule has 0 aliphatic heterocycles. The van der Waals surface area contributed by atoms with E-state index in [0.717, 1.165) is 20.3 Å². The van der Waals surface area contributed by atoms with Crippen LogP contribution in [0.1, 0.15) is 25.7 Å². The van der Waals surface area contributed by atoms with Crippen molar-refractivity contribution in [2.24, 2.45) is 0 Å². The Morgan fingerprint density at radius 1 is 1.21 bits per heavy atom. The first kappa shape index (κ1) is 15.1. The lowest BCUT2D eigenvalue weighted by atomic mass is 10.1. The van der Waals surface area contributed by atoms with Gasteiger partial charge in [-0.15, -0.1) is 11.3 Å². The van der Waals surface area contributed by atoms with Gasteiger partial charge in [-0.25, -0.2) is 0 Å². The van der Waals surface area contributed by atoms with Crippen molar-refractivity contribution in [2.45, 2.75) is 17.9 Å². The molecule has 1 aromatic heterocycles. The van der Waals surface area contributed by atoms with Crippen molar-refractivity contribution in [2.75, 3.05) is 0 Å². The molecule has 0 bridgehead atoms. The Bertz CT molecular complexity index is 570. The van der Waals surface area contributed by atoms with Crippen LogP contribution in [0.5, 0.6) is 0 Å². The maximum atomic E-state index is 12.7. The Morgan fingerprint density at radius 3 is 2.42 bits per heavy atom. The topological polar surface area (TPSA) is 0 Å². The average Bonchev–Trinajstić information content (AvgIpc) is 2.68. The molecule has 0 spiro atoms. The lowest BCUT2D eigenvalue weighted by Gasteiger charge is -2.12. The van der Waals surface area contributed by atoms with Crippen molar-refractivity contribution in [1.29, 1.82) is 0 Å². The fraction of sp³-hybridized carbons (Fsp3) is 0.231. The molecular formula is C13H9Br2F3S. The summed E-state index contributed by atoms with van der Waals surface area (Å²) >= 11 is 8.43. The van der Waals surface area contributed by atoms with Gasteiger partial charge in [-0.2, -0.15) is 13.2 Å². The highest BCUT2D eigenvalue weighted by atomic mass is 79.9. The van der Waals surface area contributed by atoms with E-state index in [1.165, 1.54) is 12.1 Å². The minimum absolute atomic E-state index is 0.232. The predicted molar refractivity (Wildman–Crippen MR) is 79.0 cm³/mol. The molecule has 0 aliphatic carbocycles. The number of benzene rings is 1. The third-order valence-electron chi connectivity index (χ3n) is 2.63. The van der Waals surface area contributed by atoms with Crippen molar-refractivity contribution in [1.82, 2.24) is 0 Å². The summed E-state index contributed by atoms with van der Waals surface area (Å²) in [6, 6.07) is 7.32. The van der Waals surface area contributed by atoms with Gasteiger partial charge in [-0.05, 0) is 40.5 Å². The third kappa shape index (κ3) is 3.41. The van der Waals surface area contributed by atoms with Gasteiger partial charge in [-0.1, -0.05) is 34.1 Å². The molecular weight excluding hydrogens is 405 g/mol. The number of halogens is 5. The predicted octanol–water partition coefficient (Wildman–Crippen LogP) is 6.32. The van der Waals surface area contributed by atoms with E-state index in [-0.39, 0.29) is 4.83 Å². The van der Waals surface area contributed by atoms with Gasteiger partial charge < -0.3 is 0 Å². The second-order valence-corrected chi connectivity index (χ2v) is 7.10. The van der Waals surface area contributed by atoms with Gasteiger partial charge in [0.2, 0.25) is 0 Å². The van der Waals surface area contributed by atoms with Crippen LogP contribution >= 0.6 is 43.2 Å². The van der Waals surface area contributed by atoms with Crippen LogP contribution in [-0.2, 0) is 6.18 Å². The van der Waals surface area contributed by atoms with Crippen LogP contribution in [0.25, 0.3) is 0 Å². The quantitative estimate of drug-likeness (QED) is 0.505. The molecule has 0 fully saturated rings. The summed E-state index contributed by atoms with van der Waals surface area (Å²) in [6.07, 6.45) is -4.31. The molecule has 102 valence electrons. The van der Waals surface area contributed by atoms with E-state index in [0.29, 0.717) is 5.56 Å². The molecule has 1 aromatic carbocycles. The van der Waals surface area contributed by atoms with Gasteiger partial charge in [0.25, 0.3) is 0 Å². The zero-order chi connectivity index (χ0) is 14.2. The van der Waals surface area contributed by atoms with Crippen LogP contribution in [0.15, 0.2) is 34.8 Å². The van der Waals surface area contributed by atoms with Crippen LogP contribution in [0, 0.1) is 6.92 Å². The molecule has 0 saturated carbocycles. The normalized spacial score (nSPS) is 13.6. The summed E-state index contributed by atoms with van der Waals surface area (Å²) < 4.78 is 39.0. The largest absolute Gasteiger partial charge is 0.416 e. The lowest BCUT2D eigenvalue weighted by molar-refractivity contribution is -0.137. The maximum Gasteiger partial charge on any atom is 0.416 e. The number of thiophene rings is 1. The standard InChI is InChI=1S/C13H9Br2F3S/c1-7-10(14)6-11(19-7)12(15)8-3-2-4-9(5-8)13(16,17)18/h2-6,12H,1H3. The van der Waals surface area contributed by atoms with Crippen molar-refractivity contribution < 1.29 is 13.2 Å². The molecule has 1 atom stereocenters. The highest BCUT2D eigenvalue weighted by Crippen LogP contribution is 2.40. The summed E-state index contributed by atoms with van der Waals surface area (Å²) in [7, 11) is 0. The lowest BCUT2D eigenvalue weighted by Crippen LogP contribution is -2.05. The minimum atomic E-state index is -4.31. The highest BCUT2D eigenvalue weighted by Gasteiger charge is 2.31. The van der Waals surface area contributed by atoms with E-state index in [9.17, 15) is 13.2 Å². The molecule has 2 aromatic rings. The Labute approximate surface area is 129 Å². The van der Waals surface area contributed by atoms with Crippen molar-refractivity contribution in [3.63, 3.8) is 0 Å². The van der Waals surface area contributed by atoms with Gasteiger partial charge in [-0.3, -0.25) is 0 Å². The first-order valence-electron chi connectivity index (χ1n) is 5.36. The minimum Gasteiger partial charge on any atom is -0.166 e. The zero-order valence-corrected chi connectivity index (χ0v) is 13.8. The summed E-state index contributed by atoms with van der Waals surface area (Å²) in [6.45, 7) is 1.96. The molecule has 0 radical (unpaired) electrons. The summed E-state index contributed by atoms with van der Waals surface area (Å²) in [4.78, 5) is 1.85. The van der Waals surface area contributed by atoms with Gasteiger partial charge in [0.1, 0.15) is 0 Å². The van der Waals surface area contributed by atoms with E-state index in [4.69, 9.17) is 0 Å². The Morgan fingerprint density at radius 2 is 1.89 bits per heavy atom. The number of hydrogen-bond acceptors (Lipinski definition) is 1. The molecule has 1 heterocycles. The second-order valence-electron chi connectivity index (χ2n) is 4.04. The molecule has 0 saturated heterocycles. The van der Waals surface area contributed by atoms with E-state index >= 15 is 0 Å². The molecule has 0 aliphatic rings. The smallest absolute Gasteiger partial charge is 0.166 e. The van der Waals surface area contributed by atoms with Crippen LogP contribution in [0.3, 0.4) is 0 Å². The summed E-state index contributed by atoms with van der Waals surface area (Å²) in [5.41, 5.74) is -0.0228. The maximum absolute atomic E-state index is 12.7. The van der Waals surface area contributed by atoms with Gasteiger partial charge in [0.15, 0.2) is 0 Å². The summed E-state index contributed by atoms with van der Waals surface area (Å²) in [5.74, 6) is 0.